The Morgan fingerprint density at radius 2 is 2.05 bits per heavy atom. The van der Waals surface area contributed by atoms with Crippen LogP contribution < -0.4 is 0 Å². The number of pyridine rings is 1. The fourth-order valence-corrected chi connectivity index (χ4v) is 3.32. The summed E-state index contributed by atoms with van der Waals surface area (Å²) >= 11 is 1.67. The van der Waals surface area contributed by atoms with Crippen molar-refractivity contribution in [2.45, 2.75) is 20.4 Å². The maximum Gasteiger partial charge on any atom is 0.254 e. The number of carbonyl (C=O) groups is 1. The number of thiophene rings is 1. The standard InChI is InChI=1S/C18H18N2OS/c1-12-6-7-17-15(9-12)16(10-13(2)19-17)18(21)20(3)11-14-5-4-8-22-14/h4-10H,11H2,1-3H3. The van der Waals surface area contributed by atoms with E-state index in [2.05, 4.69) is 11.1 Å². The highest BCUT2D eigenvalue weighted by atomic mass is 32.1. The second-order valence-electron chi connectivity index (χ2n) is 5.57. The monoisotopic (exact) mass is 310 g/mol. The zero-order valence-electron chi connectivity index (χ0n) is 13.0. The van der Waals surface area contributed by atoms with Crippen LogP contribution in [-0.2, 0) is 6.54 Å². The number of hydrogen-bond donors (Lipinski definition) is 0. The SMILES string of the molecule is Cc1ccc2nc(C)cc(C(=O)N(C)Cc3cccs3)c2c1. The highest BCUT2D eigenvalue weighted by Gasteiger charge is 2.16. The summed E-state index contributed by atoms with van der Waals surface area (Å²) in [6.45, 7) is 4.59. The summed E-state index contributed by atoms with van der Waals surface area (Å²) in [6, 6.07) is 12.0. The molecule has 2 aromatic heterocycles. The summed E-state index contributed by atoms with van der Waals surface area (Å²) in [7, 11) is 1.85. The predicted octanol–water partition coefficient (Wildman–Crippen LogP) is 4.19. The summed E-state index contributed by atoms with van der Waals surface area (Å²) in [5.74, 6) is 0.0366. The van der Waals surface area contributed by atoms with E-state index in [0.717, 1.165) is 27.7 Å². The predicted molar refractivity (Wildman–Crippen MR) is 91.3 cm³/mol. The van der Waals surface area contributed by atoms with Gasteiger partial charge >= 0.3 is 0 Å². The van der Waals surface area contributed by atoms with Crippen molar-refractivity contribution in [3.63, 3.8) is 0 Å². The molecule has 3 aromatic rings. The number of rotatable bonds is 3. The Balaban J connectivity index is 2.01. The van der Waals surface area contributed by atoms with Crippen molar-refractivity contribution in [2.24, 2.45) is 0 Å². The van der Waals surface area contributed by atoms with Gasteiger partial charge in [0.05, 0.1) is 17.6 Å². The molecule has 3 nitrogen and oxygen atoms in total. The average molecular weight is 310 g/mol. The molecule has 0 unspecified atom stereocenters. The molecule has 0 fully saturated rings. The van der Waals surface area contributed by atoms with E-state index < -0.39 is 0 Å². The maximum absolute atomic E-state index is 12.9. The molecule has 2 heterocycles. The minimum absolute atomic E-state index is 0.0366. The van der Waals surface area contributed by atoms with Crippen molar-refractivity contribution in [3.8, 4) is 0 Å². The third-order valence-electron chi connectivity index (χ3n) is 3.64. The number of amides is 1. The molecule has 0 saturated carbocycles. The first-order chi connectivity index (χ1) is 10.5. The minimum atomic E-state index is 0.0366. The van der Waals surface area contributed by atoms with Crippen molar-refractivity contribution >= 4 is 28.1 Å². The number of nitrogens with zero attached hydrogens (tertiary/aromatic N) is 2. The molecule has 1 amide bonds. The zero-order chi connectivity index (χ0) is 15.7. The van der Waals surface area contributed by atoms with Crippen molar-refractivity contribution in [1.82, 2.24) is 9.88 Å². The van der Waals surface area contributed by atoms with Crippen molar-refractivity contribution in [2.75, 3.05) is 7.05 Å². The fourth-order valence-electron chi connectivity index (χ4n) is 2.56. The van der Waals surface area contributed by atoms with Gasteiger partial charge in [0.1, 0.15) is 0 Å². The molecule has 22 heavy (non-hydrogen) atoms. The van der Waals surface area contributed by atoms with E-state index in [0.29, 0.717) is 6.54 Å². The van der Waals surface area contributed by atoms with Gasteiger partial charge in [0.2, 0.25) is 0 Å². The lowest BCUT2D eigenvalue weighted by atomic mass is 10.0. The summed E-state index contributed by atoms with van der Waals surface area (Å²) in [5.41, 5.74) is 3.60. The van der Waals surface area contributed by atoms with E-state index in [1.165, 1.54) is 4.88 Å². The molecule has 0 bridgehead atoms. The molecule has 3 rings (SSSR count). The second kappa shape index (κ2) is 5.89. The lowest BCUT2D eigenvalue weighted by Crippen LogP contribution is -2.26. The van der Waals surface area contributed by atoms with Crippen LogP contribution in [-0.4, -0.2) is 22.8 Å². The first kappa shape index (κ1) is 14.7. The van der Waals surface area contributed by atoms with Gasteiger partial charge in [0.15, 0.2) is 0 Å². The third-order valence-corrected chi connectivity index (χ3v) is 4.50. The van der Waals surface area contributed by atoms with Crippen LogP contribution in [0.15, 0.2) is 41.8 Å². The Kier molecular flexibility index (Phi) is 3.94. The van der Waals surface area contributed by atoms with Gasteiger partial charge in [-0.3, -0.25) is 9.78 Å². The van der Waals surface area contributed by atoms with Crippen molar-refractivity contribution < 1.29 is 4.79 Å². The number of carbonyl (C=O) groups excluding carboxylic acids is 1. The molecule has 0 atom stereocenters. The lowest BCUT2D eigenvalue weighted by molar-refractivity contribution is 0.0788. The van der Waals surface area contributed by atoms with Gasteiger partial charge in [-0.15, -0.1) is 11.3 Å². The van der Waals surface area contributed by atoms with E-state index in [4.69, 9.17) is 0 Å². The molecule has 4 heteroatoms. The summed E-state index contributed by atoms with van der Waals surface area (Å²) in [6.07, 6.45) is 0. The van der Waals surface area contributed by atoms with Gasteiger partial charge in [-0.2, -0.15) is 0 Å². The van der Waals surface area contributed by atoms with Crippen LogP contribution in [0, 0.1) is 13.8 Å². The first-order valence-corrected chi connectivity index (χ1v) is 8.08. The summed E-state index contributed by atoms with van der Waals surface area (Å²) in [4.78, 5) is 20.3. The van der Waals surface area contributed by atoms with E-state index in [9.17, 15) is 4.79 Å². The van der Waals surface area contributed by atoms with Crippen LogP contribution in [0.25, 0.3) is 10.9 Å². The van der Waals surface area contributed by atoms with Crippen molar-refractivity contribution in [3.05, 3.63) is 63.5 Å². The van der Waals surface area contributed by atoms with E-state index in [1.54, 1.807) is 16.2 Å². The van der Waals surface area contributed by atoms with Gasteiger partial charge in [0, 0.05) is 23.0 Å². The lowest BCUT2D eigenvalue weighted by Gasteiger charge is -2.18. The van der Waals surface area contributed by atoms with Gasteiger partial charge in [0.25, 0.3) is 5.91 Å². The average Bonchev–Trinajstić information content (AvgIpc) is 2.99. The number of hydrogen-bond acceptors (Lipinski definition) is 3. The Hall–Kier alpha value is -2.20. The molecule has 0 saturated heterocycles. The maximum atomic E-state index is 12.9. The Labute approximate surface area is 134 Å². The third kappa shape index (κ3) is 2.88. The molecule has 0 radical (unpaired) electrons. The van der Waals surface area contributed by atoms with Crippen molar-refractivity contribution in [1.29, 1.82) is 0 Å². The molecule has 0 aliphatic rings. The smallest absolute Gasteiger partial charge is 0.254 e. The summed E-state index contributed by atoms with van der Waals surface area (Å²) < 4.78 is 0. The van der Waals surface area contributed by atoms with E-state index >= 15 is 0 Å². The largest absolute Gasteiger partial charge is 0.337 e. The fraction of sp³-hybridized carbons (Fsp3) is 0.222. The first-order valence-electron chi connectivity index (χ1n) is 7.20. The second-order valence-corrected chi connectivity index (χ2v) is 6.60. The summed E-state index contributed by atoms with van der Waals surface area (Å²) in [5, 5.41) is 2.96. The number of fused-ring (bicyclic) bond motifs is 1. The Morgan fingerprint density at radius 3 is 2.77 bits per heavy atom. The van der Waals surface area contributed by atoms with E-state index in [-0.39, 0.29) is 5.91 Å². The van der Waals surface area contributed by atoms with Crippen LogP contribution in [0.3, 0.4) is 0 Å². The molecule has 0 N–H and O–H groups in total. The quantitative estimate of drug-likeness (QED) is 0.727. The van der Waals surface area contributed by atoms with Crippen LogP contribution in [0.4, 0.5) is 0 Å². The topological polar surface area (TPSA) is 33.2 Å². The van der Waals surface area contributed by atoms with Gasteiger partial charge in [-0.05, 0) is 43.5 Å². The molecule has 112 valence electrons. The molecule has 0 spiro atoms. The molecule has 0 aliphatic heterocycles. The van der Waals surface area contributed by atoms with Gasteiger partial charge in [-0.25, -0.2) is 0 Å². The van der Waals surface area contributed by atoms with Gasteiger partial charge < -0.3 is 4.90 Å². The minimum Gasteiger partial charge on any atom is -0.337 e. The Morgan fingerprint density at radius 1 is 1.23 bits per heavy atom. The normalized spacial score (nSPS) is 10.9. The van der Waals surface area contributed by atoms with Crippen LogP contribution in [0.5, 0.6) is 0 Å². The number of aryl methyl sites for hydroxylation is 2. The molecule has 1 aromatic carbocycles. The highest BCUT2D eigenvalue weighted by Crippen LogP contribution is 2.22. The van der Waals surface area contributed by atoms with Crippen LogP contribution in [0.1, 0.15) is 26.5 Å². The molecular weight excluding hydrogens is 292 g/mol. The highest BCUT2D eigenvalue weighted by molar-refractivity contribution is 7.09. The molecule has 0 aliphatic carbocycles. The van der Waals surface area contributed by atoms with Crippen LogP contribution in [0.2, 0.25) is 0 Å². The zero-order valence-corrected chi connectivity index (χ0v) is 13.8. The Bertz CT molecular complexity index is 824. The van der Waals surface area contributed by atoms with E-state index in [1.807, 2.05) is 56.6 Å². The number of aromatic nitrogens is 1. The number of benzene rings is 1. The van der Waals surface area contributed by atoms with Crippen LogP contribution >= 0.6 is 11.3 Å². The molecular formula is C18H18N2OS. The van der Waals surface area contributed by atoms with Gasteiger partial charge in [-0.1, -0.05) is 17.7 Å².